The van der Waals surface area contributed by atoms with E-state index >= 15 is 0 Å². The Bertz CT molecular complexity index is 387. The fourth-order valence-electron chi connectivity index (χ4n) is 3.72. The molecule has 2 fully saturated rings. The van der Waals surface area contributed by atoms with Crippen LogP contribution in [0.25, 0.3) is 0 Å². The van der Waals surface area contributed by atoms with Gasteiger partial charge < -0.3 is 10.6 Å². The number of hydrogen-bond donors (Lipinski definition) is 1. The molecule has 4 heteroatoms. The zero-order chi connectivity index (χ0) is 12.4. The predicted octanol–water partition coefficient (Wildman–Crippen LogP) is 2.12. The van der Waals surface area contributed by atoms with Crippen molar-refractivity contribution >= 4 is 5.82 Å². The van der Waals surface area contributed by atoms with Crippen LogP contribution in [-0.4, -0.2) is 33.8 Å². The minimum absolute atomic E-state index is 0.628. The molecule has 2 aliphatic rings. The van der Waals surface area contributed by atoms with Crippen LogP contribution < -0.4 is 5.73 Å². The van der Waals surface area contributed by atoms with Crippen LogP contribution in [0.2, 0.25) is 0 Å². The first-order valence-corrected chi connectivity index (χ1v) is 7.36. The summed E-state index contributed by atoms with van der Waals surface area (Å²) in [7, 11) is 0. The van der Waals surface area contributed by atoms with Crippen molar-refractivity contribution in [2.24, 2.45) is 5.92 Å². The van der Waals surface area contributed by atoms with Crippen molar-refractivity contribution in [2.45, 2.75) is 51.1 Å². The molecule has 1 aliphatic carbocycles. The topological polar surface area (TPSA) is 47.1 Å². The lowest BCUT2D eigenvalue weighted by Crippen LogP contribution is -2.35. The molecule has 0 spiro atoms. The molecule has 1 aromatic heterocycles. The van der Waals surface area contributed by atoms with Gasteiger partial charge in [-0.3, -0.25) is 4.68 Å². The fraction of sp³-hybridized carbons (Fsp3) is 0.786. The van der Waals surface area contributed by atoms with E-state index < -0.39 is 0 Å². The van der Waals surface area contributed by atoms with E-state index in [1.54, 1.807) is 0 Å². The molecule has 18 heavy (non-hydrogen) atoms. The number of likely N-dealkylation sites (tertiary alicyclic amines) is 1. The summed E-state index contributed by atoms with van der Waals surface area (Å²) in [5.74, 6) is 1.63. The van der Waals surface area contributed by atoms with Gasteiger partial charge in [-0.2, -0.15) is 5.10 Å². The summed E-state index contributed by atoms with van der Waals surface area (Å²) in [6, 6.07) is 2.76. The summed E-state index contributed by atoms with van der Waals surface area (Å²) >= 11 is 0. The molecule has 0 aromatic carbocycles. The van der Waals surface area contributed by atoms with Gasteiger partial charge in [0.05, 0.1) is 0 Å². The van der Waals surface area contributed by atoms with Crippen molar-refractivity contribution in [3.8, 4) is 0 Å². The maximum Gasteiger partial charge on any atom is 0.145 e. The van der Waals surface area contributed by atoms with Gasteiger partial charge in [0.1, 0.15) is 5.82 Å². The normalized spacial score (nSPS) is 28.4. The van der Waals surface area contributed by atoms with E-state index in [1.165, 1.54) is 51.6 Å². The molecule has 0 amide bonds. The number of nitrogen functional groups attached to an aromatic ring is 1. The van der Waals surface area contributed by atoms with Crippen molar-refractivity contribution in [1.82, 2.24) is 14.7 Å². The molecule has 3 rings (SSSR count). The number of fused-ring (bicyclic) bond motifs is 1. The lowest BCUT2D eigenvalue weighted by molar-refractivity contribution is 0.178. The molecule has 1 aromatic rings. The Hall–Kier alpha value is -1.03. The Morgan fingerprint density at radius 1 is 1.22 bits per heavy atom. The van der Waals surface area contributed by atoms with E-state index in [2.05, 4.69) is 10.00 Å². The Morgan fingerprint density at radius 3 is 2.94 bits per heavy atom. The molecule has 1 saturated heterocycles. The molecular weight excluding hydrogens is 224 g/mol. The average molecular weight is 248 g/mol. The highest BCUT2D eigenvalue weighted by Crippen LogP contribution is 2.35. The Balaban J connectivity index is 1.46. The molecule has 2 N–H and O–H groups in total. The first-order chi connectivity index (χ1) is 8.83. The second-order valence-electron chi connectivity index (χ2n) is 5.79. The standard InChI is InChI=1S/C14H24N4/c15-14-7-11-18(16-14)9-3-8-17-10-6-12-4-1-2-5-13(12)17/h7,11-13H,1-6,8-10H2,(H2,15,16). The van der Waals surface area contributed by atoms with Crippen molar-refractivity contribution in [1.29, 1.82) is 0 Å². The summed E-state index contributed by atoms with van der Waals surface area (Å²) in [6.45, 7) is 3.53. The van der Waals surface area contributed by atoms with Gasteiger partial charge in [-0.05, 0) is 44.2 Å². The lowest BCUT2D eigenvalue weighted by Gasteiger charge is -2.31. The van der Waals surface area contributed by atoms with E-state index in [0.717, 1.165) is 18.5 Å². The predicted molar refractivity (Wildman–Crippen MR) is 73.2 cm³/mol. The second-order valence-corrected chi connectivity index (χ2v) is 5.79. The lowest BCUT2D eigenvalue weighted by atomic mass is 9.85. The highest BCUT2D eigenvalue weighted by molar-refractivity contribution is 5.23. The van der Waals surface area contributed by atoms with Gasteiger partial charge in [0.15, 0.2) is 0 Å². The summed E-state index contributed by atoms with van der Waals surface area (Å²) in [6.07, 6.45) is 10.4. The quantitative estimate of drug-likeness (QED) is 0.888. The zero-order valence-corrected chi connectivity index (χ0v) is 11.1. The molecule has 1 aliphatic heterocycles. The van der Waals surface area contributed by atoms with Crippen LogP contribution in [0.1, 0.15) is 38.5 Å². The summed E-state index contributed by atoms with van der Waals surface area (Å²) in [4.78, 5) is 2.72. The smallest absolute Gasteiger partial charge is 0.145 e. The second kappa shape index (κ2) is 5.31. The van der Waals surface area contributed by atoms with E-state index in [4.69, 9.17) is 5.73 Å². The number of nitrogens with zero attached hydrogens (tertiary/aromatic N) is 3. The van der Waals surface area contributed by atoms with E-state index in [9.17, 15) is 0 Å². The maximum atomic E-state index is 5.62. The van der Waals surface area contributed by atoms with Crippen LogP contribution in [0, 0.1) is 5.92 Å². The Morgan fingerprint density at radius 2 is 2.11 bits per heavy atom. The number of aryl methyl sites for hydroxylation is 1. The third-order valence-electron chi connectivity index (χ3n) is 4.62. The van der Waals surface area contributed by atoms with Gasteiger partial charge in [-0.15, -0.1) is 0 Å². The van der Waals surface area contributed by atoms with Gasteiger partial charge in [-0.25, -0.2) is 0 Å². The van der Waals surface area contributed by atoms with Crippen molar-refractivity contribution in [3.63, 3.8) is 0 Å². The zero-order valence-electron chi connectivity index (χ0n) is 11.1. The van der Waals surface area contributed by atoms with Crippen LogP contribution in [0.3, 0.4) is 0 Å². The highest BCUT2D eigenvalue weighted by atomic mass is 15.3. The van der Waals surface area contributed by atoms with Gasteiger partial charge in [0, 0.05) is 25.3 Å². The molecule has 4 nitrogen and oxygen atoms in total. The van der Waals surface area contributed by atoms with Gasteiger partial charge >= 0.3 is 0 Å². The summed E-state index contributed by atoms with van der Waals surface area (Å²) < 4.78 is 1.96. The average Bonchev–Trinajstić information content (AvgIpc) is 2.97. The van der Waals surface area contributed by atoms with Crippen LogP contribution in [0.15, 0.2) is 12.3 Å². The van der Waals surface area contributed by atoms with Crippen molar-refractivity contribution in [3.05, 3.63) is 12.3 Å². The maximum absolute atomic E-state index is 5.62. The monoisotopic (exact) mass is 248 g/mol. The molecule has 2 unspecified atom stereocenters. The third kappa shape index (κ3) is 2.53. The number of rotatable bonds is 4. The van der Waals surface area contributed by atoms with Crippen LogP contribution in [-0.2, 0) is 6.54 Å². The molecule has 100 valence electrons. The van der Waals surface area contributed by atoms with Gasteiger partial charge in [0.2, 0.25) is 0 Å². The number of nitrogens with two attached hydrogens (primary N) is 1. The molecule has 2 atom stereocenters. The first kappa shape index (κ1) is 12.0. The number of hydrogen-bond acceptors (Lipinski definition) is 3. The van der Waals surface area contributed by atoms with Crippen molar-refractivity contribution in [2.75, 3.05) is 18.8 Å². The molecule has 0 radical (unpaired) electrons. The largest absolute Gasteiger partial charge is 0.382 e. The highest BCUT2D eigenvalue weighted by Gasteiger charge is 2.34. The molecule has 1 saturated carbocycles. The van der Waals surface area contributed by atoms with E-state index in [1.807, 2.05) is 16.9 Å². The van der Waals surface area contributed by atoms with Gasteiger partial charge in [-0.1, -0.05) is 12.8 Å². The molecule has 2 heterocycles. The minimum Gasteiger partial charge on any atom is -0.382 e. The SMILES string of the molecule is Nc1ccn(CCCN2CCC3CCCCC32)n1. The molecule has 0 bridgehead atoms. The minimum atomic E-state index is 0.628. The van der Waals surface area contributed by atoms with Crippen molar-refractivity contribution < 1.29 is 0 Å². The van der Waals surface area contributed by atoms with Crippen LogP contribution >= 0.6 is 0 Å². The van der Waals surface area contributed by atoms with Gasteiger partial charge in [0.25, 0.3) is 0 Å². The number of aromatic nitrogens is 2. The van der Waals surface area contributed by atoms with E-state index in [-0.39, 0.29) is 0 Å². The third-order valence-corrected chi connectivity index (χ3v) is 4.62. The number of anilines is 1. The Labute approximate surface area is 109 Å². The summed E-state index contributed by atoms with van der Waals surface area (Å²) in [5.41, 5.74) is 5.62. The van der Waals surface area contributed by atoms with E-state index in [0.29, 0.717) is 5.82 Å². The fourth-order valence-corrected chi connectivity index (χ4v) is 3.72. The van der Waals surface area contributed by atoms with Crippen LogP contribution in [0.4, 0.5) is 5.82 Å². The Kier molecular flexibility index (Phi) is 3.55. The first-order valence-electron chi connectivity index (χ1n) is 7.36. The van der Waals surface area contributed by atoms with Crippen LogP contribution in [0.5, 0.6) is 0 Å². The summed E-state index contributed by atoms with van der Waals surface area (Å²) in [5, 5.41) is 4.23. The molecular formula is C14H24N4.